The third-order valence-corrected chi connectivity index (χ3v) is 4.15. The van der Waals surface area contributed by atoms with E-state index in [1.54, 1.807) is 11.1 Å². The number of benzene rings is 1. The number of rotatable bonds is 4. The molecule has 1 nitrogen and oxygen atoms in total. The number of nitrogens with two attached hydrogens (primary N) is 1. The van der Waals surface area contributed by atoms with E-state index in [-0.39, 0.29) is 0 Å². The van der Waals surface area contributed by atoms with E-state index < -0.39 is 0 Å². The van der Waals surface area contributed by atoms with Crippen molar-refractivity contribution in [3.8, 4) is 0 Å². The second kappa shape index (κ2) is 5.57. The zero-order chi connectivity index (χ0) is 10.5. The van der Waals surface area contributed by atoms with E-state index in [0.717, 1.165) is 13.0 Å². The summed E-state index contributed by atoms with van der Waals surface area (Å²) in [5.41, 5.74) is 8.71. The van der Waals surface area contributed by atoms with Crippen LogP contribution in [0.25, 0.3) is 0 Å². The van der Waals surface area contributed by atoms with Gasteiger partial charge in [-0.05, 0) is 61.6 Å². The van der Waals surface area contributed by atoms with Crippen molar-refractivity contribution in [2.75, 3.05) is 12.3 Å². The minimum absolute atomic E-state index is 0.823. The molecule has 1 aromatic rings. The van der Waals surface area contributed by atoms with Crippen molar-refractivity contribution in [2.24, 2.45) is 5.73 Å². The first-order valence-electron chi connectivity index (χ1n) is 5.85. The molecule has 0 aromatic heterocycles. The second-order valence-electron chi connectivity index (χ2n) is 4.09. The Bertz CT molecular complexity index is 322. The zero-order valence-corrected chi connectivity index (χ0v) is 9.98. The molecule has 0 bridgehead atoms. The molecule has 0 unspecified atom stereocenters. The van der Waals surface area contributed by atoms with Crippen molar-refractivity contribution in [1.29, 1.82) is 0 Å². The van der Waals surface area contributed by atoms with Crippen LogP contribution in [0.15, 0.2) is 23.1 Å². The van der Waals surface area contributed by atoms with E-state index in [4.69, 9.17) is 5.73 Å². The minimum atomic E-state index is 0.823. The number of hydrogen-bond donors (Lipinski definition) is 1. The molecule has 1 aliphatic rings. The molecule has 2 heteroatoms. The number of fused-ring (bicyclic) bond motifs is 1. The maximum Gasteiger partial charge on any atom is 0.0107 e. The summed E-state index contributed by atoms with van der Waals surface area (Å²) in [5.74, 6) is 1.29. The van der Waals surface area contributed by atoms with Gasteiger partial charge in [0.15, 0.2) is 0 Å². The third-order valence-electron chi connectivity index (χ3n) is 2.96. The van der Waals surface area contributed by atoms with Crippen LogP contribution >= 0.6 is 11.8 Å². The highest BCUT2D eigenvalue weighted by atomic mass is 32.2. The fourth-order valence-electron chi connectivity index (χ4n) is 2.16. The molecule has 0 atom stereocenters. The van der Waals surface area contributed by atoms with Crippen LogP contribution in [-0.4, -0.2) is 12.3 Å². The number of aryl methyl sites for hydroxylation is 1. The summed E-state index contributed by atoms with van der Waals surface area (Å²) < 4.78 is 0. The van der Waals surface area contributed by atoms with Gasteiger partial charge in [0.25, 0.3) is 0 Å². The Hall–Kier alpha value is -0.470. The lowest BCUT2D eigenvalue weighted by molar-refractivity contribution is 0.732. The van der Waals surface area contributed by atoms with E-state index in [2.05, 4.69) is 18.2 Å². The lowest BCUT2D eigenvalue weighted by Crippen LogP contribution is -2.04. The summed E-state index contributed by atoms with van der Waals surface area (Å²) in [5, 5.41) is 0. The van der Waals surface area contributed by atoms with Crippen LogP contribution in [-0.2, 0) is 12.8 Å². The molecule has 1 aromatic carbocycles. The summed E-state index contributed by atoms with van der Waals surface area (Å²) in [6.07, 6.45) is 6.21. The molecular formula is C13H19NS. The van der Waals surface area contributed by atoms with Crippen LogP contribution in [0.4, 0.5) is 0 Å². The van der Waals surface area contributed by atoms with Gasteiger partial charge in [-0.2, -0.15) is 0 Å². The van der Waals surface area contributed by atoms with Crippen molar-refractivity contribution < 1.29 is 0 Å². The average molecular weight is 221 g/mol. The molecule has 0 saturated heterocycles. The van der Waals surface area contributed by atoms with Crippen molar-refractivity contribution in [2.45, 2.75) is 37.0 Å². The molecule has 1 aliphatic heterocycles. The molecule has 2 rings (SSSR count). The molecule has 0 spiro atoms. The van der Waals surface area contributed by atoms with Crippen LogP contribution in [0.1, 0.15) is 30.4 Å². The molecule has 1 heterocycles. The summed E-state index contributed by atoms with van der Waals surface area (Å²) in [6.45, 7) is 0.823. The smallest absolute Gasteiger partial charge is 0.0107 e. The van der Waals surface area contributed by atoms with Gasteiger partial charge in [0.05, 0.1) is 0 Å². The minimum Gasteiger partial charge on any atom is -0.330 e. The van der Waals surface area contributed by atoms with Crippen LogP contribution in [0.2, 0.25) is 0 Å². The maximum atomic E-state index is 5.53. The normalized spacial score (nSPS) is 15.0. The van der Waals surface area contributed by atoms with Crippen molar-refractivity contribution in [1.82, 2.24) is 0 Å². The number of hydrogen-bond acceptors (Lipinski definition) is 2. The van der Waals surface area contributed by atoms with Gasteiger partial charge in [0.2, 0.25) is 0 Å². The van der Waals surface area contributed by atoms with Crippen LogP contribution < -0.4 is 5.73 Å². The molecule has 0 radical (unpaired) electrons. The highest BCUT2D eigenvalue weighted by Gasteiger charge is 2.12. The molecule has 82 valence electrons. The molecule has 0 amide bonds. The van der Waals surface area contributed by atoms with Gasteiger partial charge in [-0.1, -0.05) is 12.1 Å². The summed E-state index contributed by atoms with van der Waals surface area (Å²) in [7, 11) is 0. The van der Waals surface area contributed by atoms with E-state index in [1.807, 2.05) is 11.8 Å². The highest BCUT2D eigenvalue weighted by molar-refractivity contribution is 7.99. The molecule has 0 aliphatic carbocycles. The predicted octanol–water partition coefficient (Wildman–Crippen LogP) is 3.01. The van der Waals surface area contributed by atoms with Gasteiger partial charge in [-0.3, -0.25) is 0 Å². The van der Waals surface area contributed by atoms with E-state index >= 15 is 0 Å². The Morgan fingerprint density at radius 3 is 3.07 bits per heavy atom. The van der Waals surface area contributed by atoms with Gasteiger partial charge >= 0.3 is 0 Å². The second-order valence-corrected chi connectivity index (χ2v) is 5.23. The largest absolute Gasteiger partial charge is 0.330 e. The number of unbranched alkanes of at least 4 members (excludes halogenated alkanes) is 1. The summed E-state index contributed by atoms with van der Waals surface area (Å²) >= 11 is 2.02. The highest BCUT2D eigenvalue weighted by Crippen LogP contribution is 2.32. The Kier molecular flexibility index (Phi) is 4.09. The van der Waals surface area contributed by atoms with E-state index in [1.165, 1.54) is 36.3 Å². The standard InChI is InChI=1S/C13H19NS/c14-9-2-1-5-11-6-3-8-13-12(11)7-4-10-15-13/h3,6,8H,1-2,4-5,7,9-10,14H2. The SMILES string of the molecule is NCCCCc1cccc2c1CCCS2. The lowest BCUT2D eigenvalue weighted by atomic mass is 9.98. The van der Waals surface area contributed by atoms with Crippen LogP contribution in [0.5, 0.6) is 0 Å². The van der Waals surface area contributed by atoms with E-state index in [9.17, 15) is 0 Å². The topological polar surface area (TPSA) is 26.0 Å². The third kappa shape index (κ3) is 2.76. The van der Waals surface area contributed by atoms with Gasteiger partial charge in [0.1, 0.15) is 0 Å². The Morgan fingerprint density at radius 1 is 1.27 bits per heavy atom. The molecule has 0 fully saturated rings. The number of thioether (sulfide) groups is 1. The maximum absolute atomic E-state index is 5.53. The first-order chi connectivity index (χ1) is 7.42. The fraction of sp³-hybridized carbons (Fsp3) is 0.538. The summed E-state index contributed by atoms with van der Waals surface area (Å²) in [6, 6.07) is 6.77. The van der Waals surface area contributed by atoms with E-state index in [0.29, 0.717) is 0 Å². The Morgan fingerprint density at radius 2 is 2.20 bits per heavy atom. The van der Waals surface area contributed by atoms with Crippen LogP contribution in [0, 0.1) is 0 Å². The van der Waals surface area contributed by atoms with Gasteiger partial charge in [-0.15, -0.1) is 11.8 Å². The first-order valence-corrected chi connectivity index (χ1v) is 6.84. The molecule has 15 heavy (non-hydrogen) atoms. The zero-order valence-electron chi connectivity index (χ0n) is 9.17. The quantitative estimate of drug-likeness (QED) is 0.791. The average Bonchev–Trinajstić information content (AvgIpc) is 2.30. The van der Waals surface area contributed by atoms with Gasteiger partial charge in [0, 0.05) is 4.90 Å². The van der Waals surface area contributed by atoms with Gasteiger partial charge in [-0.25, -0.2) is 0 Å². The monoisotopic (exact) mass is 221 g/mol. The molecule has 0 saturated carbocycles. The van der Waals surface area contributed by atoms with Crippen molar-refractivity contribution >= 4 is 11.8 Å². The van der Waals surface area contributed by atoms with Crippen LogP contribution in [0.3, 0.4) is 0 Å². The predicted molar refractivity (Wildman–Crippen MR) is 67.5 cm³/mol. The molecule has 2 N–H and O–H groups in total. The Balaban J connectivity index is 2.09. The lowest BCUT2D eigenvalue weighted by Gasteiger charge is -2.18. The first kappa shape index (κ1) is 11.0. The molecular weight excluding hydrogens is 202 g/mol. The summed E-state index contributed by atoms with van der Waals surface area (Å²) in [4.78, 5) is 1.52. The van der Waals surface area contributed by atoms with Crippen molar-refractivity contribution in [3.05, 3.63) is 29.3 Å². The van der Waals surface area contributed by atoms with Crippen molar-refractivity contribution in [3.63, 3.8) is 0 Å². The Labute approximate surface area is 96.4 Å². The fourth-order valence-corrected chi connectivity index (χ4v) is 3.25. The van der Waals surface area contributed by atoms with Gasteiger partial charge < -0.3 is 5.73 Å².